The third-order valence-corrected chi connectivity index (χ3v) is 2.18. The van der Waals surface area contributed by atoms with E-state index < -0.39 is 0 Å². The molecule has 0 aromatic heterocycles. The molecule has 1 aromatic rings. The summed E-state index contributed by atoms with van der Waals surface area (Å²) in [5.74, 6) is 0.0697. The zero-order valence-electron chi connectivity index (χ0n) is 9.77. The molecular weight excluding hydrogens is 244 g/mol. The van der Waals surface area contributed by atoms with E-state index in [-0.39, 0.29) is 35.7 Å². The van der Waals surface area contributed by atoms with Crippen LogP contribution in [0, 0.1) is 0 Å². The van der Waals surface area contributed by atoms with Gasteiger partial charge < -0.3 is 20.9 Å². The molecule has 5 nitrogen and oxygen atoms in total. The quantitative estimate of drug-likeness (QED) is 0.751. The summed E-state index contributed by atoms with van der Waals surface area (Å²) >= 11 is 0. The topological polar surface area (TPSA) is 84.6 Å². The first-order valence-electron chi connectivity index (χ1n) is 4.96. The van der Waals surface area contributed by atoms with Gasteiger partial charge in [-0.15, -0.1) is 12.4 Å². The number of nitrogens with two attached hydrogens (primary N) is 1. The molecule has 1 aromatic carbocycles. The molecule has 0 saturated heterocycles. The number of halogens is 1. The molecule has 0 radical (unpaired) electrons. The van der Waals surface area contributed by atoms with E-state index in [1.165, 1.54) is 19.2 Å². The summed E-state index contributed by atoms with van der Waals surface area (Å²) in [6.45, 7) is 2.13. The van der Waals surface area contributed by atoms with Crippen molar-refractivity contribution in [1.82, 2.24) is 5.32 Å². The minimum atomic E-state index is -0.366. The molecule has 0 saturated carbocycles. The average Bonchev–Trinajstić information content (AvgIpc) is 2.29. The Morgan fingerprint density at radius 2 is 2.24 bits per heavy atom. The summed E-state index contributed by atoms with van der Waals surface area (Å²) in [7, 11) is 1.50. The lowest BCUT2D eigenvalue weighted by Crippen LogP contribution is -2.37. The highest BCUT2D eigenvalue weighted by molar-refractivity contribution is 5.97. The van der Waals surface area contributed by atoms with Gasteiger partial charge in [0.1, 0.15) is 11.5 Å². The number of amides is 1. The minimum absolute atomic E-state index is 0. The molecule has 17 heavy (non-hydrogen) atoms. The molecule has 0 unspecified atom stereocenters. The van der Waals surface area contributed by atoms with Crippen molar-refractivity contribution < 1.29 is 14.6 Å². The number of rotatable bonds is 4. The molecule has 0 bridgehead atoms. The molecule has 0 aliphatic heterocycles. The van der Waals surface area contributed by atoms with Crippen LogP contribution in [0.25, 0.3) is 0 Å². The largest absolute Gasteiger partial charge is 0.507 e. The van der Waals surface area contributed by atoms with Gasteiger partial charge in [-0.1, -0.05) is 0 Å². The van der Waals surface area contributed by atoms with E-state index in [1.807, 2.05) is 0 Å². The van der Waals surface area contributed by atoms with Crippen molar-refractivity contribution in [2.24, 2.45) is 5.73 Å². The standard InChI is InChI=1S/C11H16N2O3.ClH/c1-7(6-12)13-11(15)9-5-8(16-2)3-4-10(9)14;/h3-5,7,14H,6,12H2,1-2H3,(H,13,15);1H/t7-;/m1./s1. The van der Waals surface area contributed by atoms with E-state index in [0.717, 1.165) is 0 Å². The SMILES string of the molecule is COc1ccc(O)c(C(=O)N[C@H](C)CN)c1.Cl. The van der Waals surface area contributed by atoms with Crippen LogP contribution in [0.2, 0.25) is 0 Å². The number of ether oxygens (including phenoxy) is 1. The Labute approximate surface area is 106 Å². The van der Waals surface area contributed by atoms with Crippen molar-refractivity contribution in [2.45, 2.75) is 13.0 Å². The van der Waals surface area contributed by atoms with Gasteiger partial charge in [-0.05, 0) is 25.1 Å². The fourth-order valence-corrected chi connectivity index (χ4v) is 1.18. The van der Waals surface area contributed by atoms with Crippen molar-refractivity contribution in [2.75, 3.05) is 13.7 Å². The first-order chi connectivity index (χ1) is 7.58. The van der Waals surface area contributed by atoms with Crippen LogP contribution in [0.15, 0.2) is 18.2 Å². The molecule has 1 amide bonds. The fourth-order valence-electron chi connectivity index (χ4n) is 1.18. The second-order valence-corrected chi connectivity index (χ2v) is 3.49. The van der Waals surface area contributed by atoms with Crippen molar-refractivity contribution in [3.63, 3.8) is 0 Å². The second-order valence-electron chi connectivity index (χ2n) is 3.49. The fraction of sp³-hybridized carbons (Fsp3) is 0.364. The molecule has 0 spiro atoms. The molecule has 1 rings (SSSR count). The summed E-state index contributed by atoms with van der Waals surface area (Å²) in [6.07, 6.45) is 0. The molecule has 96 valence electrons. The van der Waals surface area contributed by atoms with Crippen LogP contribution in [-0.2, 0) is 0 Å². The van der Waals surface area contributed by atoms with Gasteiger partial charge in [0.15, 0.2) is 0 Å². The molecule has 1 atom stereocenters. The normalized spacial score (nSPS) is 11.2. The molecule has 0 aliphatic carbocycles. The highest BCUT2D eigenvalue weighted by Gasteiger charge is 2.13. The molecule has 0 fully saturated rings. The van der Waals surface area contributed by atoms with Gasteiger partial charge in [-0.3, -0.25) is 4.79 Å². The predicted molar refractivity (Wildman–Crippen MR) is 67.9 cm³/mol. The number of benzene rings is 1. The number of hydrogen-bond donors (Lipinski definition) is 3. The zero-order chi connectivity index (χ0) is 12.1. The van der Waals surface area contributed by atoms with Crippen LogP contribution in [0.3, 0.4) is 0 Å². The van der Waals surface area contributed by atoms with Crippen molar-refractivity contribution in [3.8, 4) is 11.5 Å². The Balaban J connectivity index is 0.00000256. The van der Waals surface area contributed by atoms with E-state index in [0.29, 0.717) is 12.3 Å². The van der Waals surface area contributed by atoms with Gasteiger partial charge >= 0.3 is 0 Å². The van der Waals surface area contributed by atoms with E-state index in [1.54, 1.807) is 13.0 Å². The Morgan fingerprint density at radius 3 is 2.76 bits per heavy atom. The Kier molecular flexibility index (Phi) is 6.38. The Hall–Kier alpha value is -1.46. The van der Waals surface area contributed by atoms with Gasteiger partial charge in [0.25, 0.3) is 5.91 Å². The van der Waals surface area contributed by atoms with Crippen molar-refractivity contribution in [3.05, 3.63) is 23.8 Å². The van der Waals surface area contributed by atoms with Gasteiger partial charge in [0, 0.05) is 12.6 Å². The van der Waals surface area contributed by atoms with Crippen molar-refractivity contribution >= 4 is 18.3 Å². The number of carbonyl (C=O) groups excluding carboxylic acids is 1. The number of phenols is 1. The van der Waals surface area contributed by atoms with E-state index in [9.17, 15) is 9.90 Å². The Bertz CT molecular complexity index is 385. The number of methoxy groups -OCH3 is 1. The third kappa shape index (κ3) is 4.13. The summed E-state index contributed by atoms with van der Waals surface area (Å²) in [6, 6.07) is 4.34. The second kappa shape index (κ2) is 6.98. The highest BCUT2D eigenvalue weighted by Crippen LogP contribution is 2.22. The van der Waals surface area contributed by atoms with Gasteiger partial charge in [0.2, 0.25) is 0 Å². The number of hydrogen-bond acceptors (Lipinski definition) is 4. The lowest BCUT2D eigenvalue weighted by atomic mass is 10.1. The summed E-state index contributed by atoms with van der Waals surface area (Å²) in [5.41, 5.74) is 5.57. The van der Waals surface area contributed by atoms with E-state index in [4.69, 9.17) is 10.5 Å². The number of carbonyl (C=O) groups is 1. The number of aromatic hydroxyl groups is 1. The third-order valence-electron chi connectivity index (χ3n) is 2.18. The molecular formula is C11H17ClN2O3. The van der Waals surface area contributed by atoms with Crippen molar-refractivity contribution in [1.29, 1.82) is 0 Å². The minimum Gasteiger partial charge on any atom is -0.507 e. The molecule has 4 N–H and O–H groups in total. The lowest BCUT2D eigenvalue weighted by molar-refractivity contribution is 0.0938. The number of phenolic OH excluding ortho intramolecular Hbond substituents is 1. The van der Waals surface area contributed by atoms with Crippen LogP contribution in [-0.4, -0.2) is 30.7 Å². The zero-order valence-corrected chi connectivity index (χ0v) is 10.6. The lowest BCUT2D eigenvalue weighted by Gasteiger charge is -2.12. The molecule has 0 heterocycles. The smallest absolute Gasteiger partial charge is 0.255 e. The number of nitrogens with one attached hydrogen (secondary N) is 1. The molecule has 0 aliphatic rings. The van der Waals surface area contributed by atoms with Crippen LogP contribution in [0.5, 0.6) is 11.5 Å². The summed E-state index contributed by atoms with van der Waals surface area (Å²) in [4.78, 5) is 11.7. The van der Waals surface area contributed by atoms with Gasteiger partial charge in [0.05, 0.1) is 12.7 Å². The first-order valence-corrected chi connectivity index (χ1v) is 4.96. The average molecular weight is 261 g/mol. The highest BCUT2D eigenvalue weighted by atomic mass is 35.5. The maximum absolute atomic E-state index is 11.7. The predicted octanol–water partition coefficient (Wildman–Crippen LogP) is 0.900. The maximum atomic E-state index is 11.7. The Morgan fingerprint density at radius 1 is 1.59 bits per heavy atom. The van der Waals surface area contributed by atoms with Crippen LogP contribution < -0.4 is 15.8 Å². The monoisotopic (exact) mass is 260 g/mol. The van der Waals surface area contributed by atoms with Crippen LogP contribution >= 0.6 is 12.4 Å². The first kappa shape index (κ1) is 15.5. The van der Waals surface area contributed by atoms with Gasteiger partial charge in [-0.25, -0.2) is 0 Å². The summed E-state index contributed by atoms with van der Waals surface area (Å²) < 4.78 is 4.98. The van der Waals surface area contributed by atoms with Gasteiger partial charge in [-0.2, -0.15) is 0 Å². The van der Waals surface area contributed by atoms with Crippen LogP contribution in [0.4, 0.5) is 0 Å². The van der Waals surface area contributed by atoms with E-state index in [2.05, 4.69) is 5.32 Å². The summed E-state index contributed by atoms with van der Waals surface area (Å²) in [5, 5.41) is 12.2. The van der Waals surface area contributed by atoms with Crippen LogP contribution in [0.1, 0.15) is 17.3 Å². The maximum Gasteiger partial charge on any atom is 0.255 e. The van der Waals surface area contributed by atoms with E-state index >= 15 is 0 Å². The molecule has 6 heteroatoms.